The van der Waals surface area contributed by atoms with E-state index < -0.39 is 23.1 Å². The molecule has 1 aromatic heterocycles. The largest absolute Gasteiger partial charge is 0.491 e. The molecule has 5 nitrogen and oxygen atoms in total. The van der Waals surface area contributed by atoms with Crippen LogP contribution in [0.2, 0.25) is 0 Å². The first kappa shape index (κ1) is 18.6. The van der Waals surface area contributed by atoms with Gasteiger partial charge >= 0.3 is 0 Å². The van der Waals surface area contributed by atoms with Crippen molar-refractivity contribution in [2.75, 3.05) is 11.9 Å². The van der Waals surface area contributed by atoms with Crippen LogP contribution in [0.4, 0.5) is 20.3 Å². The predicted octanol–water partition coefficient (Wildman–Crippen LogP) is 4.03. The molecule has 0 spiro atoms. The summed E-state index contributed by atoms with van der Waals surface area (Å²) in [4.78, 5) is 16.7. The van der Waals surface area contributed by atoms with Gasteiger partial charge in [-0.25, -0.2) is 13.8 Å². The van der Waals surface area contributed by atoms with Crippen molar-refractivity contribution >= 4 is 17.4 Å². The molecule has 0 fully saturated rings. The molecule has 0 aliphatic rings. The van der Waals surface area contributed by atoms with E-state index in [9.17, 15) is 13.6 Å². The summed E-state index contributed by atoms with van der Waals surface area (Å²) in [6.07, 6.45) is 0. The Morgan fingerprint density at radius 1 is 1.16 bits per heavy atom. The SMILES string of the molecule is CCOc1ccc(Nc2cc(F)cc(F)c2)nc1C(=O)NC(C)(C)C. The Morgan fingerprint density at radius 3 is 2.36 bits per heavy atom. The topological polar surface area (TPSA) is 63.2 Å². The zero-order valence-electron chi connectivity index (χ0n) is 14.6. The van der Waals surface area contributed by atoms with Gasteiger partial charge < -0.3 is 15.4 Å². The Kier molecular flexibility index (Phi) is 5.56. The number of benzene rings is 1. The minimum absolute atomic E-state index is 0.0960. The lowest BCUT2D eigenvalue weighted by molar-refractivity contribution is 0.0910. The number of carbonyl (C=O) groups is 1. The third-order valence-corrected chi connectivity index (χ3v) is 3.00. The second-order valence-electron chi connectivity index (χ2n) is 6.46. The zero-order chi connectivity index (χ0) is 18.6. The molecule has 134 valence electrons. The first-order chi connectivity index (χ1) is 11.7. The van der Waals surface area contributed by atoms with Gasteiger partial charge in [0.05, 0.1) is 6.61 Å². The molecule has 0 unspecified atom stereocenters. The summed E-state index contributed by atoms with van der Waals surface area (Å²) in [7, 11) is 0. The highest BCUT2D eigenvalue weighted by molar-refractivity contribution is 5.95. The van der Waals surface area contributed by atoms with Crippen molar-refractivity contribution in [1.82, 2.24) is 10.3 Å². The van der Waals surface area contributed by atoms with Crippen LogP contribution < -0.4 is 15.4 Å². The molecule has 0 bridgehead atoms. The number of nitrogens with zero attached hydrogens (tertiary/aromatic N) is 1. The molecule has 25 heavy (non-hydrogen) atoms. The summed E-state index contributed by atoms with van der Waals surface area (Å²) >= 11 is 0. The van der Waals surface area contributed by atoms with Crippen molar-refractivity contribution in [1.29, 1.82) is 0 Å². The lowest BCUT2D eigenvalue weighted by Gasteiger charge is -2.21. The molecular formula is C18H21F2N3O2. The fourth-order valence-corrected chi connectivity index (χ4v) is 2.12. The maximum Gasteiger partial charge on any atom is 0.274 e. The fourth-order valence-electron chi connectivity index (χ4n) is 2.12. The van der Waals surface area contributed by atoms with Crippen LogP contribution in [0.15, 0.2) is 30.3 Å². The van der Waals surface area contributed by atoms with Gasteiger partial charge in [0.1, 0.15) is 17.5 Å². The number of pyridine rings is 1. The molecule has 1 amide bonds. The summed E-state index contributed by atoms with van der Waals surface area (Å²) in [5.41, 5.74) is -0.160. The summed E-state index contributed by atoms with van der Waals surface area (Å²) < 4.78 is 32.1. The number of ether oxygens (including phenoxy) is 1. The second kappa shape index (κ2) is 7.46. The van der Waals surface area contributed by atoms with Crippen LogP contribution in [0.3, 0.4) is 0 Å². The van der Waals surface area contributed by atoms with Crippen molar-refractivity contribution < 1.29 is 18.3 Å². The van der Waals surface area contributed by atoms with Crippen LogP contribution in [0, 0.1) is 11.6 Å². The quantitative estimate of drug-likeness (QED) is 0.855. The highest BCUT2D eigenvalue weighted by Crippen LogP contribution is 2.23. The van der Waals surface area contributed by atoms with E-state index in [0.29, 0.717) is 12.4 Å². The summed E-state index contributed by atoms with van der Waals surface area (Å²) in [5.74, 6) is -1.21. The first-order valence-electron chi connectivity index (χ1n) is 7.87. The van der Waals surface area contributed by atoms with Gasteiger partial charge in [-0.2, -0.15) is 0 Å². The first-order valence-corrected chi connectivity index (χ1v) is 7.87. The van der Waals surface area contributed by atoms with E-state index in [-0.39, 0.29) is 17.2 Å². The van der Waals surface area contributed by atoms with Gasteiger partial charge in [0, 0.05) is 17.3 Å². The van der Waals surface area contributed by atoms with E-state index in [2.05, 4.69) is 15.6 Å². The molecule has 0 saturated heterocycles. The van der Waals surface area contributed by atoms with Gasteiger partial charge in [-0.1, -0.05) is 0 Å². The number of anilines is 2. The fraction of sp³-hybridized carbons (Fsp3) is 0.333. The smallest absolute Gasteiger partial charge is 0.274 e. The molecule has 1 aromatic carbocycles. The number of nitrogens with one attached hydrogen (secondary N) is 2. The molecule has 0 aliphatic heterocycles. The summed E-state index contributed by atoms with van der Waals surface area (Å²) in [6.45, 7) is 7.72. The Labute approximate surface area is 145 Å². The number of amides is 1. The van der Waals surface area contributed by atoms with Gasteiger partial charge in [0.25, 0.3) is 5.91 Å². The van der Waals surface area contributed by atoms with E-state index in [1.807, 2.05) is 20.8 Å². The van der Waals surface area contributed by atoms with E-state index in [1.54, 1.807) is 19.1 Å². The average molecular weight is 349 g/mol. The molecular weight excluding hydrogens is 328 g/mol. The predicted molar refractivity (Wildman–Crippen MR) is 92.3 cm³/mol. The number of hydrogen-bond donors (Lipinski definition) is 2. The molecule has 0 aliphatic carbocycles. The van der Waals surface area contributed by atoms with Crippen molar-refractivity contribution in [3.63, 3.8) is 0 Å². The van der Waals surface area contributed by atoms with Crippen LogP contribution in [-0.4, -0.2) is 23.0 Å². The van der Waals surface area contributed by atoms with Crippen molar-refractivity contribution in [2.45, 2.75) is 33.2 Å². The molecule has 7 heteroatoms. The molecule has 1 heterocycles. The van der Waals surface area contributed by atoms with Crippen LogP contribution >= 0.6 is 0 Å². The number of rotatable bonds is 5. The molecule has 2 aromatic rings. The van der Waals surface area contributed by atoms with E-state index in [1.165, 1.54) is 0 Å². The zero-order valence-corrected chi connectivity index (χ0v) is 14.6. The molecule has 0 radical (unpaired) electrons. The van der Waals surface area contributed by atoms with Crippen LogP contribution in [0.1, 0.15) is 38.2 Å². The number of aromatic nitrogens is 1. The van der Waals surface area contributed by atoms with Crippen molar-refractivity contribution in [3.05, 3.63) is 47.7 Å². The van der Waals surface area contributed by atoms with E-state index in [0.717, 1.165) is 18.2 Å². The average Bonchev–Trinajstić information content (AvgIpc) is 2.46. The summed E-state index contributed by atoms with van der Waals surface area (Å²) in [5, 5.41) is 5.60. The minimum atomic E-state index is -0.709. The Balaban J connectivity index is 2.34. The van der Waals surface area contributed by atoms with Gasteiger partial charge in [0.2, 0.25) is 0 Å². The normalized spacial score (nSPS) is 11.1. The number of carbonyl (C=O) groups excluding carboxylic acids is 1. The molecule has 0 saturated carbocycles. The van der Waals surface area contributed by atoms with Gasteiger partial charge in [-0.3, -0.25) is 4.79 Å². The van der Waals surface area contributed by atoms with Crippen LogP contribution in [0.25, 0.3) is 0 Å². The third kappa shape index (κ3) is 5.41. The van der Waals surface area contributed by atoms with Gasteiger partial charge in [-0.05, 0) is 52.0 Å². The lowest BCUT2D eigenvalue weighted by Crippen LogP contribution is -2.41. The van der Waals surface area contributed by atoms with Crippen LogP contribution in [-0.2, 0) is 0 Å². The monoisotopic (exact) mass is 349 g/mol. The van der Waals surface area contributed by atoms with Crippen LogP contribution in [0.5, 0.6) is 5.75 Å². The van der Waals surface area contributed by atoms with E-state index >= 15 is 0 Å². The van der Waals surface area contributed by atoms with Gasteiger partial charge in [0.15, 0.2) is 11.4 Å². The highest BCUT2D eigenvalue weighted by Gasteiger charge is 2.21. The summed E-state index contributed by atoms with van der Waals surface area (Å²) in [6, 6.07) is 6.21. The maximum absolute atomic E-state index is 13.3. The maximum atomic E-state index is 13.3. The Morgan fingerprint density at radius 2 is 1.80 bits per heavy atom. The Hall–Kier alpha value is -2.70. The minimum Gasteiger partial charge on any atom is -0.491 e. The lowest BCUT2D eigenvalue weighted by atomic mass is 10.1. The second-order valence-corrected chi connectivity index (χ2v) is 6.46. The van der Waals surface area contributed by atoms with Gasteiger partial charge in [-0.15, -0.1) is 0 Å². The van der Waals surface area contributed by atoms with Crippen molar-refractivity contribution in [3.8, 4) is 5.75 Å². The Bertz CT molecular complexity index is 753. The van der Waals surface area contributed by atoms with Crippen molar-refractivity contribution in [2.24, 2.45) is 0 Å². The molecule has 2 N–H and O–H groups in total. The van der Waals surface area contributed by atoms with E-state index in [4.69, 9.17) is 4.74 Å². The number of hydrogen-bond acceptors (Lipinski definition) is 4. The highest BCUT2D eigenvalue weighted by atomic mass is 19.1. The molecule has 2 rings (SSSR count). The molecule has 0 atom stereocenters. The third-order valence-electron chi connectivity index (χ3n) is 3.00. The standard InChI is InChI=1S/C18H21F2N3O2/c1-5-25-14-6-7-15(21-13-9-11(19)8-12(20)10-13)22-16(14)17(24)23-18(2,3)4/h6-10H,5H2,1-4H3,(H,21,22)(H,23,24). The number of halogens is 2.